The second kappa shape index (κ2) is 5.43. The minimum atomic E-state index is 0.422. The summed E-state index contributed by atoms with van der Waals surface area (Å²) in [6.07, 6.45) is 9.27. The van der Waals surface area contributed by atoms with Crippen molar-refractivity contribution in [1.82, 2.24) is 14.9 Å². The molecule has 1 fully saturated rings. The van der Waals surface area contributed by atoms with E-state index in [1.54, 1.807) is 0 Å². The van der Waals surface area contributed by atoms with Crippen molar-refractivity contribution in [2.45, 2.75) is 52.5 Å². The zero-order chi connectivity index (χ0) is 13.2. The van der Waals surface area contributed by atoms with Crippen LogP contribution >= 0.6 is 0 Å². The van der Waals surface area contributed by atoms with E-state index < -0.39 is 0 Å². The standard InChI is InChI=1S/C15H27N3/c1-5-16-13(14-17-10-11-18(14)4)12-6-8-15(2,3)9-7-12/h10-13,16H,5-9H2,1-4H3. The molecule has 3 nitrogen and oxygen atoms in total. The average molecular weight is 249 g/mol. The molecule has 1 aromatic heterocycles. The first-order chi connectivity index (χ1) is 8.53. The summed E-state index contributed by atoms with van der Waals surface area (Å²) in [7, 11) is 2.10. The average Bonchev–Trinajstić information content (AvgIpc) is 2.73. The predicted molar refractivity (Wildman–Crippen MR) is 75.4 cm³/mol. The van der Waals surface area contributed by atoms with Crippen LogP contribution in [0.1, 0.15) is 58.3 Å². The smallest absolute Gasteiger partial charge is 0.125 e. The van der Waals surface area contributed by atoms with Gasteiger partial charge in [-0.15, -0.1) is 0 Å². The highest BCUT2D eigenvalue weighted by molar-refractivity contribution is 5.02. The monoisotopic (exact) mass is 249 g/mol. The summed E-state index contributed by atoms with van der Waals surface area (Å²) in [5, 5.41) is 3.64. The van der Waals surface area contributed by atoms with Crippen molar-refractivity contribution in [1.29, 1.82) is 0 Å². The van der Waals surface area contributed by atoms with Crippen molar-refractivity contribution in [2.24, 2.45) is 18.4 Å². The fraction of sp³-hybridized carbons (Fsp3) is 0.800. The number of aromatic nitrogens is 2. The molecule has 0 aliphatic heterocycles. The maximum absolute atomic E-state index is 4.55. The predicted octanol–water partition coefficient (Wildman–Crippen LogP) is 3.29. The minimum Gasteiger partial charge on any atom is -0.337 e. The molecule has 1 aliphatic carbocycles. The third-order valence-corrected chi connectivity index (χ3v) is 4.42. The molecule has 0 amide bonds. The summed E-state index contributed by atoms with van der Waals surface area (Å²) in [4.78, 5) is 4.55. The normalized spacial score (nSPS) is 22.0. The Morgan fingerprint density at radius 2 is 2.11 bits per heavy atom. The topological polar surface area (TPSA) is 29.9 Å². The van der Waals surface area contributed by atoms with Gasteiger partial charge in [-0.05, 0) is 43.6 Å². The van der Waals surface area contributed by atoms with Gasteiger partial charge < -0.3 is 9.88 Å². The summed E-state index contributed by atoms with van der Waals surface area (Å²) in [5.74, 6) is 1.93. The lowest BCUT2D eigenvalue weighted by atomic mass is 9.71. The van der Waals surface area contributed by atoms with Crippen molar-refractivity contribution in [2.75, 3.05) is 6.54 Å². The number of aryl methyl sites for hydroxylation is 1. The molecule has 0 aromatic carbocycles. The van der Waals surface area contributed by atoms with Crippen LogP contribution in [0.2, 0.25) is 0 Å². The quantitative estimate of drug-likeness (QED) is 0.887. The van der Waals surface area contributed by atoms with Gasteiger partial charge in [-0.25, -0.2) is 4.98 Å². The van der Waals surface area contributed by atoms with Gasteiger partial charge in [-0.1, -0.05) is 20.8 Å². The zero-order valence-electron chi connectivity index (χ0n) is 12.2. The van der Waals surface area contributed by atoms with Crippen LogP contribution in [0.4, 0.5) is 0 Å². The number of nitrogens with one attached hydrogen (secondary N) is 1. The molecule has 1 saturated carbocycles. The van der Waals surface area contributed by atoms with Crippen molar-refractivity contribution in [3.8, 4) is 0 Å². The molecule has 1 N–H and O–H groups in total. The molecule has 0 saturated heterocycles. The van der Waals surface area contributed by atoms with Crippen LogP contribution in [0.5, 0.6) is 0 Å². The van der Waals surface area contributed by atoms with Crippen LogP contribution in [-0.2, 0) is 7.05 Å². The van der Waals surface area contributed by atoms with Crippen molar-refractivity contribution >= 4 is 0 Å². The number of hydrogen-bond donors (Lipinski definition) is 1. The molecular formula is C15H27N3. The Morgan fingerprint density at radius 3 is 2.61 bits per heavy atom. The molecule has 0 spiro atoms. The van der Waals surface area contributed by atoms with Gasteiger partial charge in [0, 0.05) is 19.4 Å². The van der Waals surface area contributed by atoms with E-state index >= 15 is 0 Å². The fourth-order valence-corrected chi connectivity index (χ4v) is 3.12. The van der Waals surface area contributed by atoms with Crippen LogP contribution in [-0.4, -0.2) is 16.1 Å². The highest BCUT2D eigenvalue weighted by Crippen LogP contribution is 2.42. The molecule has 102 valence electrons. The third kappa shape index (κ3) is 2.94. The molecule has 18 heavy (non-hydrogen) atoms. The largest absolute Gasteiger partial charge is 0.337 e. The second-order valence-corrected chi connectivity index (χ2v) is 6.43. The highest BCUT2D eigenvalue weighted by atomic mass is 15.1. The van der Waals surface area contributed by atoms with E-state index in [1.165, 1.54) is 31.5 Å². The minimum absolute atomic E-state index is 0.422. The molecule has 0 radical (unpaired) electrons. The lowest BCUT2D eigenvalue weighted by Crippen LogP contribution is -2.34. The summed E-state index contributed by atoms with van der Waals surface area (Å²) in [6.45, 7) is 7.98. The van der Waals surface area contributed by atoms with Crippen LogP contribution in [0.25, 0.3) is 0 Å². The van der Waals surface area contributed by atoms with E-state index in [4.69, 9.17) is 0 Å². The van der Waals surface area contributed by atoms with Gasteiger partial charge in [0.05, 0.1) is 6.04 Å². The van der Waals surface area contributed by atoms with Gasteiger partial charge in [-0.3, -0.25) is 0 Å². The van der Waals surface area contributed by atoms with Gasteiger partial charge in [-0.2, -0.15) is 0 Å². The molecule has 1 aliphatic rings. The van der Waals surface area contributed by atoms with Gasteiger partial charge >= 0.3 is 0 Å². The highest BCUT2D eigenvalue weighted by Gasteiger charge is 2.33. The van der Waals surface area contributed by atoms with Crippen molar-refractivity contribution < 1.29 is 0 Å². The molecule has 1 unspecified atom stereocenters. The van der Waals surface area contributed by atoms with Crippen LogP contribution in [0, 0.1) is 11.3 Å². The second-order valence-electron chi connectivity index (χ2n) is 6.43. The Balaban J connectivity index is 2.10. The maximum atomic E-state index is 4.55. The van der Waals surface area contributed by atoms with E-state index in [0.29, 0.717) is 11.5 Å². The lowest BCUT2D eigenvalue weighted by molar-refractivity contribution is 0.158. The van der Waals surface area contributed by atoms with E-state index in [0.717, 1.165) is 12.5 Å². The van der Waals surface area contributed by atoms with Crippen LogP contribution < -0.4 is 5.32 Å². The number of hydrogen-bond acceptors (Lipinski definition) is 2. The number of nitrogens with zero attached hydrogens (tertiary/aromatic N) is 2. The van der Waals surface area contributed by atoms with E-state index in [1.807, 2.05) is 12.4 Å². The number of rotatable bonds is 4. The van der Waals surface area contributed by atoms with Crippen molar-refractivity contribution in [3.05, 3.63) is 18.2 Å². The Hall–Kier alpha value is -0.830. The van der Waals surface area contributed by atoms with Crippen LogP contribution in [0.3, 0.4) is 0 Å². The lowest BCUT2D eigenvalue weighted by Gasteiger charge is -2.38. The molecule has 3 heteroatoms. The first-order valence-electron chi connectivity index (χ1n) is 7.24. The maximum Gasteiger partial charge on any atom is 0.125 e. The molecule has 2 rings (SSSR count). The first kappa shape index (κ1) is 13.6. The van der Waals surface area contributed by atoms with Crippen molar-refractivity contribution in [3.63, 3.8) is 0 Å². The summed E-state index contributed by atoms with van der Waals surface area (Å²) < 4.78 is 2.16. The fourth-order valence-electron chi connectivity index (χ4n) is 3.12. The third-order valence-electron chi connectivity index (χ3n) is 4.42. The van der Waals surface area contributed by atoms with E-state index in [9.17, 15) is 0 Å². The molecule has 1 atom stereocenters. The Morgan fingerprint density at radius 1 is 1.44 bits per heavy atom. The summed E-state index contributed by atoms with van der Waals surface area (Å²) in [6, 6.07) is 0.422. The SMILES string of the molecule is CCNC(c1nccn1C)C1CCC(C)(C)CC1. The Labute approximate surface area is 111 Å². The van der Waals surface area contributed by atoms with E-state index in [-0.39, 0.29) is 0 Å². The first-order valence-corrected chi connectivity index (χ1v) is 7.24. The van der Waals surface area contributed by atoms with Gasteiger partial charge in [0.1, 0.15) is 5.82 Å². The van der Waals surface area contributed by atoms with Gasteiger partial charge in [0.2, 0.25) is 0 Å². The molecular weight excluding hydrogens is 222 g/mol. The molecule has 0 bridgehead atoms. The summed E-state index contributed by atoms with van der Waals surface area (Å²) >= 11 is 0. The van der Waals surface area contributed by atoms with Gasteiger partial charge in [0.15, 0.2) is 0 Å². The Bertz CT molecular complexity index is 371. The van der Waals surface area contributed by atoms with Crippen LogP contribution in [0.15, 0.2) is 12.4 Å². The molecule has 1 aromatic rings. The summed E-state index contributed by atoms with van der Waals surface area (Å²) in [5.41, 5.74) is 0.537. The zero-order valence-corrected chi connectivity index (χ0v) is 12.2. The Kier molecular flexibility index (Phi) is 4.10. The number of imidazole rings is 1. The van der Waals surface area contributed by atoms with Gasteiger partial charge in [0.25, 0.3) is 0 Å². The molecule has 1 heterocycles. The van der Waals surface area contributed by atoms with E-state index in [2.05, 4.69) is 42.7 Å².